The fourth-order valence-corrected chi connectivity index (χ4v) is 3.64. The van der Waals surface area contributed by atoms with Gasteiger partial charge in [0.2, 0.25) is 0 Å². The van der Waals surface area contributed by atoms with E-state index in [9.17, 15) is 0 Å². The zero-order valence-corrected chi connectivity index (χ0v) is 14.1. The summed E-state index contributed by atoms with van der Waals surface area (Å²) in [5.74, 6) is 0.840. The Balaban J connectivity index is 1.57. The lowest BCUT2D eigenvalue weighted by molar-refractivity contribution is 0.306. The van der Waals surface area contributed by atoms with E-state index in [2.05, 4.69) is 23.2 Å². The van der Waals surface area contributed by atoms with Crippen molar-refractivity contribution in [1.29, 1.82) is 0 Å². The van der Waals surface area contributed by atoms with E-state index in [1.165, 1.54) is 22.9 Å². The highest BCUT2D eigenvalue weighted by molar-refractivity contribution is 6.30. The minimum Gasteiger partial charge on any atom is -0.489 e. The molecule has 2 aromatic carbocycles. The predicted molar refractivity (Wildman–Crippen MR) is 97.4 cm³/mol. The summed E-state index contributed by atoms with van der Waals surface area (Å²) in [6, 6.07) is 14.2. The number of pyridine rings is 1. The number of hydrogen-bond donors (Lipinski definition) is 1. The maximum Gasteiger partial charge on any atom is 0.133 e. The highest BCUT2D eigenvalue weighted by Crippen LogP contribution is 2.33. The van der Waals surface area contributed by atoms with Crippen LogP contribution in [0, 0.1) is 0 Å². The molecule has 3 nitrogen and oxygen atoms in total. The molecular weight excluding hydrogens is 320 g/mol. The molecule has 1 heterocycles. The molecule has 3 aromatic rings. The number of ether oxygens (including phenoxy) is 1. The van der Waals surface area contributed by atoms with Crippen molar-refractivity contribution in [2.45, 2.75) is 32.4 Å². The van der Waals surface area contributed by atoms with Gasteiger partial charge in [0.1, 0.15) is 17.5 Å². The van der Waals surface area contributed by atoms with Crippen LogP contribution >= 0.6 is 11.6 Å². The summed E-state index contributed by atoms with van der Waals surface area (Å²) in [5, 5.41) is 1.88. The number of aryl methyl sites for hydroxylation is 1. The van der Waals surface area contributed by atoms with Crippen molar-refractivity contribution in [3.63, 3.8) is 0 Å². The highest BCUT2D eigenvalue weighted by Gasteiger charge is 2.18. The molecule has 0 bridgehead atoms. The number of hydrogen-bond acceptors (Lipinski definition) is 3. The Morgan fingerprint density at radius 1 is 1.00 bits per heavy atom. The standard InChI is InChI=1S/C20H19ClN2O/c21-20-18-3-1-2-16(18)17-9-6-14(10-19(17)23-20)12-24-15-7-4-13(11-22)5-8-15/h4-10H,1-3,11-12,22H2. The average molecular weight is 339 g/mol. The van der Waals surface area contributed by atoms with E-state index >= 15 is 0 Å². The molecule has 0 aliphatic heterocycles. The zero-order chi connectivity index (χ0) is 16.5. The van der Waals surface area contributed by atoms with Gasteiger partial charge in [0.25, 0.3) is 0 Å². The van der Waals surface area contributed by atoms with Crippen LogP contribution in [0.15, 0.2) is 42.5 Å². The third-order valence-corrected chi connectivity index (χ3v) is 4.95. The average Bonchev–Trinajstić information content (AvgIpc) is 3.11. The molecule has 4 rings (SSSR count). The van der Waals surface area contributed by atoms with Gasteiger partial charge in [-0.25, -0.2) is 4.98 Å². The van der Waals surface area contributed by atoms with E-state index in [0.717, 1.165) is 35.2 Å². The Bertz CT molecular complexity index is 890. The van der Waals surface area contributed by atoms with Crippen LogP contribution in [-0.2, 0) is 26.0 Å². The molecule has 4 heteroatoms. The molecule has 0 radical (unpaired) electrons. The minimum atomic E-state index is 0.508. The Hall–Kier alpha value is -2.10. The minimum absolute atomic E-state index is 0.508. The van der Waals surface area contributed by atoms with Gasteiger partial charge in [0.15, 0.2) is 0 Å². The van der Waals surface area contributed by atoms with Gasteiger partial charge in [-0.3, -0.25) is 0 Å². The van der Waals surface area contributed by atoms with Crippen LogP contribution in [0.3, 0.4) is 0 Å². The molecule has 122 valence electrons. The van der Waals surface area contributed by atoms with Crippen LogP contribution in [0.25, 0.3) is 10.9 Å². The first-order valence-corrected chi connectivity index (χ1v) is 8.64. The van der Waals surface area contributed by atoms with E-state index in [4.69, 9.17) is 22.1 Å². The first-order valence-electron chi connectivity index (χ1n) is 8.26. The molecule has 0 spiro atoms. The fourth-order valence-electron chi connectivity index (χ4n) is 3.34. The summed E-state index contributed by atoms with van der Waals surface area (Å²) in [4.78, 5) is 4.58. The predicted octanol–water partition coefficient (Wildman–Crippen LogP) is 4.41. The van der Waals surface area contributed by atoms with Crippen molar-refractivity contribution in [1.82, 2.24) is 4.98 Å². The lowest BCUT2D eigenvalue weighted by Crippen LogP contribution is -1.99. The molecule has 0 amide bonds. The summed E-state index contributed by atoms with van der Waals surface area (Å²) >= 11 is 6.35. The molecule has 1 aliphatic carbocycles. The third-order valence-electron chi connectivity index (χ3n) is 4.64. The van der Waals surface area contributed by atoms with Crippen LogP contribution < -0.4 is 10.5 Å². The Labute approximate surface area is 146 Å². The molecule has 24 heavy (non-hydrogen) atoms. The Morgan fingerprint density at radius 3 is 2.54 bits per heavy atom. The van der Waals surface area contributed by atoms with E-state index in [-0.39, 0.29) is 0 Å². The van der Waals surface area contributed by atoms with Gasteiger partial charge in [-0.05, 0) is 59.7 Å². The van der Waals surface area contributed by atoms with E-state index in [1.807, 2.05) is 24.3 Å². The normalized spacial score (nSPS) is 13.2. The molecule has 0 unspecified atom stereocenters. The molecule has 0 fully saturated rings. The molecule has 1 aliphatic rings. The molecular formula is C20H19ClN2O. The van der Waals surface area contributed by atoms with Crippen LogP contribution in [0.1, 0.15) is 28.7 Å². The van der Waals surface area contributed by atoms with Crippen LogP contribution in [0.2, 0.25) is 5.15 Å². The lowest BCUT2D eigenvalue weighted by Gasteiger charge is -2.10. The number of nitrogens with zero attached hydrogens (tertiary/aromatic N) is 1. The second-order valence-corrected chi connectivity index (χ2v) is 6.56. The van der Waals surface area contributed by atoms with E-state index in [0.29, 0.717) is 18.3 Å². The first-order chi connectivity index (χ1) is 11.7. The fraction of sp³-hybridized carbons (Fsp3) is 0.250. The number of rotatable bonds is 4. The third kappa shape index (κ3) is 2.85. The Morgan fingerprint density at radius 2 is 1.75 bits per heavy atom. The van der Waals surface area contributed by atoms with Crippen molar-refractivity contribution < 1.29 is 4.74 Å². The number of aromatic nitrogens is 1. The number of halogens is 1. The van der Waals surface area contributed by atoms with Gasteiger partial charge in [-0.15, -0.1) is 0 Å². The summed E-state index contributed by atoms with van der Waals surface area (Å²) < 4.78 is 5.86. The van der Waals surface area contributed by atoms with Crippen molar-refractivity contribution in [3.05, 3.63) is 69.9 Å². The van der Waals surface area contributed by atoms with Crippen molar-refractivity contribution >= 4 is 22.5 Å². The smallest absolute Gasteiger partial charge is 0.133 e. The molecule has 0 saturated heterocycles. The van der Waals surface area contributed by atoms with Crippen molar-refractivity contribution in [2.24, 2.45) is 5.73 Å². The lowest BCUT2D eigenvalue weighted by atomic mass is 10.0. The second kappa shape index (κ2) is 6.42. The zero-order valence-electron chi connectivity index (χ0n) is 13.4. The second-order valence-electron chi connectivity index (χ2n) is 6.20. The monoisotopic (exact) mass is 338 g/mol. The van der Waals surface area contributed by atoms with Gasteiger partial charge in [-0.2, -0.15) is 0 Å². The largest absolute Gasteiger partial charge is 0.489 e. The Kier molecular flexibility index (Phi) is 4.13. The molecule has 0 saturated carbocycles. The van der Waals surface area contributed by atoms with Crippen molar-refractivity contribution in [3.8, 4) is 5.75 Å². The summed E-state index contributed by atoms with van der Waals surface area (Å²) in [7, 11) is 0. The number of fused-ring (bicyclic) bond motifs is 3. The molecule has 2 N–H and O–H groups in total. The summed E-state index contributed by atoms with van der Waals surface area (Å²) in [5.41, 5.74) is 11.4. The van der Waals surface area contributed by atoms with Gasteiger partial charge in [0, 0.05) is 11.9 Å². The summed E-state index contributed by atoms with van der Waals surface area (Å²) in [6.45, 7) is 1.05. The maximum atomic E-state index is 6.35. The molecule has 1 aromatic heterocycles. The maximum absolute atomic E-state index is 6.35. The van der Waals surface area contributed by atoms with Crippen LogP contribution in [0.5, 0.6) is 5.75 Å². The van der Waals surface area contributed by atoms with Crippen molar-refractivity contribution in [2.75, 3.05) is 0 Å². The summed E-state index contributed by atoms with van der Waals surface area (Å²) in [6.07, 6.45) is 3.30. The van der Waals surface area contributed by atoms with Crippen LogP contribution in [0.4, 0.5) is 0 Å². The topological polar surface area (TPSA) is 48.1 Å². The number of benzene rings is 2. The van der Waals surface area contributed by atoms with Gasteiger partial charge in [-0.1, -0.05) is 35.9 Å². The highest BCUT2D eigenvalue weighted by atomic mass is 35.5. The van der Waals surface area contributed by atoms with E-state index in [1.54, 1.807) is 0 Å². The number of nitrogens with two attached hydrogens (primary N) is 1. The van der Waals surface area contributed by atoms with Crippen LogP contribution in [-0.4, -0.2) is 4.98 Å². The quantitative estimate of drug-likeness (QED) is 0.716. The van der Waals surface area contributed by atoms with E-state index < -0.39 is 0 Å². The van der Waals surface area contributed by atoms with Gasteiger partial charge in [0.05, 0.1) is 5.52 Å². The van der Waals surface area contributed by atoms with Gasteiger partial charge < -0.3 is 10.5 Å². The molecule has 0 atom stereocenters. The van der Waals surface area contributed by atoms with Gasteiger partial charge >= 0.3 is 0 Å². The first kappa shape index (κ1) is 15.4. The SMILES string of the molecule is NCc1ccc(OCc2ccc3c4c(c(Cl)nc3c2)CCC4)cc1.